The molecule has 0 aliphatic heterocycles. The first-order chi connectivity index (χ1) is 8.31. The topological polar surface area (TPSA) is 74.2 Å². The maximum Gasteiger partial charge on any atom is 0.232 e. The van der Waals surface area contributed by atoms with Gasteiger partial charge < -0.3 is 5.11 Å². The van der Waals surface area contributed by atoms with Crippen LogP contribution in [0, 0.1) is 23.7 Å². The van der Waals surface area contributed by atoms with Gasteiger partial charge in [0.05, 0.1) is 0 Å². The maximum absolute atomic E-state index is 9.98. The molecule has 5 nitrogen and oxygen atoms in total. The monoisotopic (exact) mass is 244 g/mol. The molecular formula is C13H16N4O. The molecule has 0 fully saturated rings. The van der Waals surface area contributed by atoms with Crippen LogP contribution in [-0.4, -0.2) is 19.7 Å². The molecule has 2 aromatic heterocycles. The molecule has 2 heterocycles. The fraction of sp³-hybridized carbons (Fsp3) is 0.462. The number of aromatic nitrogens is 3. The second kappa shape index (κ2) is 3.98. The number of rotatable bonds is 1. The molecule has 0 aliphatic carbocycles. The van der Waals surface area contributed by atoms with E-state index in [0.717, 1.165) is 6.42 Å². The Morgan fingerprint density at radius 2 is 2.11 bits per heavy atom. The highest BCUT2D eigenvalue weighted by Gasteiger charge is 2.18. The zero-order valence-corrected chi connectivity index (χ0v) is 11.0. The Bertz CT molecular complexity index is 644. The van der Waals surface area contributed by atoms with E-state index in [9.17, 15) is 5.11 Å². The van der Waals surface area contributed by atoms with Gasteiger partial charge in [-0.3, -0.25) is 0 Å². The van der Waals surface area contributed by atoms with Crippen molar-refractivity contribution in [3.05, 3.63) is 23.0 Å². The molecule has 5 heteroatoms. The first-order valence-corrected chi connectivity index (χ1v) is 5.80. The summed E-state index contributed by atoms with van der Waals surface area (Å²) >= 11 is 0. The van der Waals surface area contributed by atoms with Crippen molar-refractivity contribution >= 4 is 5.65 Å². The number of aromatic hydroxyl groups is 1. The van der Waals surface area contributed by atoms with Crippen LogP contribution in [-0.2, 0) is 6.42 Å². The van der Waals surface area contributed by atoms with Gasteiger partial charge in [-0.05, 0) is 24.0 Å². The van der Waals surface area contributed by atoms with Gasteiger partial charge in [0.25, 0.3) is 0 Å². The molecule has 0 aromatic carbocycles. The molecule has 18 heavy (non-hydrogen) atoms. The first-order valence-electron chi connectivity index (χ1n) is 5.80. The highest BCUT2D eigenvalue weighted by atomic mass is 16.3. The Balaban J connectivity index is 2.59. The van der Waals surface area contributed by atoms with Gasteiger partial charge in [-0.15, -0.1) is 5.10 Å². The van der Waals surface area contributed by atoms with E-state index < -0.39 is 0 Å². The molecule has 0 radical (unpaired) electrons. The number of aryl methyl sites for hydroxylation is 1. The van der Waals surface area contributed by atoms with Crippen LogP contribution in [0.4, 0.5) is 0 Å². The van der Waals surface area contributed by atoms with Crippen molar-refractivity contribution in [1.29, 1.82) is 5.26 Å². The Kier molecular flexibility index (Phi) is 2.74. The Labute approximate surface area is 106 Å². The van der Waals surface area contributed by atoms with Gasteiger partial charge in [0, 0.05) is 6.42 Å². The van der Waals surface area contributed by atoms with Crippen molar-refractivity contribution in [1.82, 2.24) is 14.6 Å². The third kappa shape index (κ3) is 2.14. The van der Waals surface area contributed by atoms with Crippen molar-refractivity contribution in [3.63, 3.8) is 0 Å². The second-order valence-electron chi connectivity index (χ2n) is 5.67. The van der Waals surface area contributed by atoms with Crippen LogP contribution in [0.25, 0.3) is 5.65 Å². The number of fused-ring (bicyclic) bond motifs is 1. The molecule has 0 amide bonds. The zero-order valence-electron chi connectivity index (χ0n) is 11.0. The first kappa shape index (κ1) is 12.4. The summed E-state index contributed by atoms with van der Waals surface area (Å²) in [5, 5.41) is 23.2. The minimum absolute atomic E-state index is 0.0770. The van der Waals surface area contributed by atoms with Crippen LogP contribution >= 0.6 is 0 Å². The normalized spacial score (nSPS) is 11.7. The van der Waals surface area contributed by atoms with Crippen LogP contribution in [0.15, 0.2) is 6.07 Å². The predicted octanol–water partition coefficient (Wildman–Crippen LogP) is 2.20. The number of hydrogen-bond acceptors (Lipinski definition) is 4. The summed E-state index contributed by atoms with van der Waals surface area (Å²) in [6.45, 7) is 8.08. The molecule has 0 atom stereocenters. The van der Waals surface area contributed by atoms with Crippen LogP contribution in [0.1, 0.15) is 37.7 Å². The lowest BCUT2D eigenvalue weighted by Crippen LogP contribution is -2.10. The molecule has 94 valence electrons. The van der Waals surface area contributed by atoms with Gasteiger partial charge in [0.1, 0.15) is 11.6 Å². The van der Waals surface area contributed by atoms with Crippen molar-refractivity contribution in [2.24, 2.45) is 5.41 Å². The lowest BCUT2D eigenvalue weighted by Gasteiger charge is -2.14. The summed E-state index contributed by atoms with van der Waals surface area (Å²) in [5.41, 5.74) is 1.60. The third-order valence-corrected chi connectivity index (χ3v) is 2.64. The van der Waals surface area contributed by atoms with Crippen LogP contribution in [0.3, 0.4) is 0 Å². The van der Waals surface area contributed by atoms with Crippen LogP contribution in [0.2, 0.25) is 0 Å². The van der Waals surface area contributed by atoms with Crippen molar-refractivity contribution in [2.75, 3.05) is 0 Å². The van der Waals surface area contributed by atoms with E-state index in [-0.39, 0.29) is 16.9 Å². The fourth-order valence-corrected chi connectivity index (χ4v) is 1.85. The zero-order chi connectivity index (χ0) is 13.5. The highest BCUT2D eigenvalue weighted by Crippen LogP contribution is 2.24. The smallest absolute Gasteiger partial charge is 0.232 e. The molecule has 0 spiro atoms. The molecule has 0 saturated heterocycles. The Hall–Kier alpha value is -2.09. The van der Waals surface area contributed by atoms with E-state index in [4.69, 9.17) is 5.26 Å². The molecule has 1 N–H and O–H groups in total. The van der Waals surface area contributed by atoms with Crippen molar-refractivity contribution in [3.8, 4) is 11.9 Å². The number of hydrogen-bond donors (Lipinski definition) is 1. The fourth-order valence-electron chi connectivity index (χ4n) is 1.85. The SMILES string of the molecule is Cc1cc2nc(CC(C)(C)C)nn2c(O)c1C#N. The van der Waals surface area contributed by atoms with E-state index in [1.54, 1.807) is 13.0 Å². The number of nitrogens with zero attached hydrogens (tertiary/aromatic N) is 4. The van der Waals surface area contributed by atoms with E-state index >= 15 is 0 Å². The molecule has 2 rings (SSSR count). The van der Waals surface area contributed by atoms with E-state index in [0.29, 0.717) is 17.0 Å². The summed E-state index contributed by atoms with van der Waals surface area (Å²) in [6, 6.07) is 3.74. The standard InChI is InChI=1S/C13H16N4O/c1-8-5-11-15-10(6-13(2,3)4)16-17(11)12(18)9(8)7-14/h5,18H,6H2,1-4H3. The quantitative estimate of drug-likeness (QED) is 0.834. The van der Waals surface area contributed by atoms with Gasteiger partial charge >= 0.3 is 0 Å². The summed E-state index contributed by atoms with van der Waals surface area (Å²) in [5.74, 6) is 0.535. The van der Waals surface area contributed by atoms with Gasteiger partial charge in [-0.1, -0.05) is 20.8 Å². The van der Waals surface area contributed by atoms with E-state index in [1.807, 2.05) is 6.07 Å². The van der Waals surface area contributed by atoms with Crippen LogP contribution < -0.4 is 0 Å². The summed E-state index contributed by atoms with van der Waals surface area (Å²) in [6.07, 6.45) is 0.717. The van der Waals surface area contributed by atoms with Crippen LogP contribution in [0.5, 0.6) is 5.88 Å². The van der Waals surface area contributed by atoms with Crippen molar-refractivity contribution < 1.29 is 5.11 Å². The third-order valence-electron chi connectivity index (χ3n) is 2.64. The molecule has 2 aromatic rings. The lowest BCUT2D eigenvalue weighted by molar-refractivity contribution is 0.397. The number of pyridine rings is 1. The van der Waals surface area contributed by atoms with Gasteiger partial charge in [0.2, 0.25) is 5.88 Å². The van der Waals surface area contributed by atoms with Gasteiger partial charge in [-0.25, -0.2) is 4.98 Å². The minimum Gasteiger partial charge on any atom is -0.492 e. The minimum atomic E-state index is -0.139. The molecule has 0 bridgehead atoms. The molecular weight excluding hydrogens is 228 g/mol. The second-order valence-corrected chi connectivity index (χ2v) is 5.67. The number of nitriles is 1. The van der Waals surface area contributed by atoms with Gasteiger partial charge in [-0.2, -0.15) is 9.78 Å². The van der Waals surface area contributed by atoms with Crippen molar-refractivity contribution in [2.45, 2.75) is 34.1 Å². The maximum atomic E-state index is 9.98. The predicted molar refractivity (Wildman–Crippen MR) is 67.3 cm³/mol. The lowest BCUT2D eigenvalue weighted by atomic mass is 9.92. The molecule has 0 saturated carbocycles. The summed E-state index contributed by atoms with van der Waals surface area (Å²) in [7, 11) is 0. The average molecular weight is 244 g/mol. The van der Waals surface area contributed by atoms with Gasteiger partial charge in [0.15, 0.2) is 11.5 Å². The van der Waals surface area contributed by atoms with E-state index in [2.05, 4.69) is 30.9 Å². The summed E-state index contributed by atoms with van der Waals surface area (Å²) < 4.78 is 1.33. The molecule has 0 aliphatic rings. The largest absolute Gasteiger partial charge is 0.492 e. The highest BCUT2D eigenvalue weighted by molar-refractivity contribution is 5.53. The van der Waals surface area contributed by atoms with E-state index in [1.165, 1.54) is 4.52 Å². The Morgan fingerprint density at radius 3 is 2.67 bits per heavy atom. The summed E-state index contributed by atoms with van der Waals surface area (Å²) in [4.78, 5) is 4.38. The average Bonchev–Trinajstić information content (AvgIpc) is 2.58. The molecule has 0 unspecified atom stereocenters. The Morgan fingerprint density at radius 1 is 1.44 bits per heavy atom.